The van der Waals surface area contributed by atoms with Gasteiger partial charge in [0.1, 0.15) is 0 Å². The van der Waals surface area contributed by atoms with Gasteiger partial charge in [0.2, 0.25) is 0 Å². The summed E-state index contributed by atoms with van der Waals surface area (Å²) < 4.78 is 1.98. The van der Waals surface area contributed by atoms with Crippen molar-refractivity contribution in [3.8, 4) is 28.5 Å². The Bertz CT molecular complexity index is 1460. The average molecular weight is 482 g/mol. The maximum Gasteiger partial charge on any atom is 0.404 e. The highest BCUT2D eigenvalue weighted by Crippen LogP contribution is 2.38. The molecule has 4 heterocycles. The minimum absolute atomic E-state index is 0.0666. The number of benzene rings is 2. The van der Waals surface area contributed by atoms with Crippen LogP contribution >= 0.6 is 0 Å². The third-order valence-electron chi connectivity index (χ3n) is 6.61. The summed E-state index contributed by atoms with van der Waals surface area (Å²) in [6, 6.07) is 19.0. The van der Waals surface area contributed by atoms with Crippen molar-refractivity contribution in [1.29, 1.82) is 0 Å². The molecule has 0 atom stereocenters. The zero-order valence-electron chi connectivity index (χ0n) is 19.3. The van der Waals surface area contributed by atoms with Crippen LogP contribution in [0.5, 0.6) is 0 Å². The Morgan fingerprint density at radius 2 is 1.69 bits per heavy atom. The second-order valence-corrected chi connectivity index (χ2v) is 8.82. The summed E-state index contributed by atoms with van der Waals surface area (Å²) in [5.41, 5.74) is 4.05. The molecule has 6 rings (SSSR count). The topological polar surface area (TPSA) is 125 Å². The maximum atomic E-state index is 13.0. The number of nitrogens with zero attached hydrogens (tertiary/aromatic N) is 5. The fourth-order valence-electron chi connectivity index (χ4n) is 4.81. The summed E-state index contributed by atoms with van der Waals surface area (Å²) >= 11 is 0. The standard InChI is InChI=1S/C26H23N7O3/c34-25(32-14-11-18(12-15-32)28-26(35)36)17-9-7-16(8-10-17)23-30-31-24-19-4-1-2-5-20(19)29-22-21(33(23)24)6-3-13-27-22/h1-10,13,18,28H,11-12,14-15H2,(H,27,29)(H,35,36). The molecule has 1 fully saturated rings. The first-order chi connectivity index (χ1) is 17.6. The van der Waals surface area contributed by atoms with Gasteiger partial charge in [0, 0.05) is 42.0 Å². The van der Waals surface area contributed by atoms with Crippen molar-refractivity contribution in [1.82, 2.24) is 30.0 Å². The number of piperidine rings is 1. The molecule has 0 spiro atoms. The largest absolute Gasteiger partial charge is 0.465 e. The van der Waals surface area contributed by atoms with Gasteiger partial charge in [0.05, 0.1) is 11.4 Å². The van der Waals surface area contributed by atoms with Crippen molar-refractivity contribution < 1.29 is 14.7 Å². The van der Waals surface area contributed by atoms with Crippen LogP contribution in [0, 0.1) is 0 Å². The van der Waals surface area contributed by atoms with E-state index in [1.165, 1.54) is 0 Å². The van der Waals surface area contributed by atoms with Crippen LogP contribution in [0.3, 0.4) is 0 Å². The molecule has 2 aromatic heterocycles. The summed E-state index contributed by atoms with van der Waals surface area (Å²) in [7, 11) is 0. The van der Waals surface area contributed by atoms with E-state index in [1.54, 1.807) is 23.2 Å². The normalized spacial score (nSPS) is 14.6. The molecular formula is C26H23N7O3. The number of aromatic nitrogens is 4. The van der Waals surface area contributed by atoms with E-state index in [1.807, 2.05) is 53.1 Å². The van der Waals surface area contributed by atoms with Gasteiger partial charge in [-0.1, -0.05) is 24.3 Å². The summed E-state index contributed by atoms with van der Waals surface area (Å²) in [5.74, 6) is 2.00. The fourth-order valence-corrected chi connectivity index (χ4v) is 4.81. The number of likely N-dealkylation sites (tertiary alicyclic amines) is 1. The van der Waals surface area contributed by atoms with Crippen LogP contribution in [0.4, 0.5) is 16.3 Å². The molecule has 0 unspecified atom stereocenters. The van der Waals surface area contributed by atoms with Gasteiger partial charge in [0.25, 0.3) is 5.91 Å². The Morgan fingerprint density at radius 1 is 0.944 bits per heavy atom. The van der Waals surface area contributed by atoms with Gasteiger partial charge in [-0.15, -0.1) is 10.2 Å². The number of nitrogens with one attached hydrogen (secondary N) is 2. The van der Waals surface area contributed by atoms with Gasteiger partial charge in [0.15, 0.2) is 17.5 Å². The Labute approximate surface area is 206 Å². The van der Waals surface area contributed by atoms with Crippen molar-refractivity contribution in [2.24, 2.45) is 0 Å². The zero-order valence-corrected chi connectivity index (χ0v) is 19.3. The van der Waals surface area contributed by atoms with Gasteiger partial charge in [-0.05, 0) is 49.2 Å². The first kappa shape index (κ1) is 21.8. The van der Waals surface area contributed by atoms with Crippen LogP contribution in [-0.2, 0) is 0 Å². The lowest BCUT2D eigenvalue weighted by Crippen LogP contribution is -2.46. The molecule has 1 saturated heterocycles. The minimum Gasteiger partial charge on any atom is -0.465 e. The monoisotopic (exact) mass is 481 g/mol. The van der Waals surface area contributed by atoms with Crippen molar-refractivity contribution >= 4 is 23.5 Å². The maximum absolute atomic E-state index is 13.0. The smallest absolute Gasteiger partial charge is 0.404 e. The highest BCUT2D eigenvalue weighted by Gasteiger charge is 2.26. The molecule has 10 nitrogen and oxygen atoms in total. The Balaban J connectivity index is 1.30. The number of anilines is 2. The quantitative estimate of drug-likeness (QED) is 0.357. The van der Waals surface area contributed by atoms with Crippen molar-refractivity contribution in [2.45, 2.75) is 18.9 Å². The van der Waals surface area contributed by atoms with Gasteiger partial charge < -0.3 is 20.6 Å². The third kappa shape index (κ3) is 3.82. The molecular weight excluding hydrogens is 458 g/mol. The lowest BCUT2D eigenvalue weighted by Gasteiger charge is -2.31. The van der Waals surface area contributed by atoms with Gasteiger partial charge in [-0.3, -0.25) is 9.36 Å². The molecule has 2 aliphatic rings. The lowest BCUT2D eigenvalue weighted by molar-refractivity contribution is 0.0706. The predicted molar refractivity (Wildman–Crippen MR) is 133 cm³/mol. The number of carbonyl (C=O) groups is 2. The number of para-hydroxylation sites is 1. The van der Waals surface area contributed by atoms with Crippen LogP contribution in [0.1, 0.15) is 23.2 Å². The van der Waals surface area contributed by atoms with E-state index in [-0.39, 0.29) is 11.9 Å². The van der Waals surface area contributed by atoms with Crippen molar-refractivity contribution in [3.63, 3.8) is 0 Å². The highest BCUT2D eigenvalue weighted by atomic mass is 16.4. The van der Waals surface area contributed by atoms with Gasteiger partial charge >= 0.3 is 6.09 Å². The van der Waals surface area contributed by atoms with E-state index in [0.717, 1.165) is 22.5 Å². The molecule has 36 heavy (non-hydrogen) atoms. The number of carbonyl (C=O) groups excluding carboxylic acids is 1. The average Bonchev–Trinajstić information content (AvgIpc) is 3.28. The number of hydrogen-bond acceptors (Lipinski definition) is 6. The van der Waals surface area contributed by atoms with Crippen LogP contribution in [0.25, 0.3) is 28.5 Å². The van der Waals surface area contributed by atoms with Crippen LogP contribution in [0.2, 0.25) is 0 Å². The van der Waals surface area contributed by atoms with E-state index in [2.05, 4.69) is 25.8 Å². The number of rotatable bonds is 3. The molecule has 0 aliphatic carbocycles. The molecule has 4 aromatic rings. The Morgan fingerprint density at radius 3 is 2.47 bits per heavy atom. The summed E-state index contributed by atoms with van der Waals surface area (Å²) in [6.45, 7) is 1.03. The zero-order chi connectivity index (χ0) is 24.6. The molecule has 2 amide bonds. The van der Waals surface area contributed by atoms with Crippen LogP contribution < -0.4 is 10.6 Å². The van der Waals surface area contributed by atoms with Gasteiger partial charge in [-0.25, -0.2) is 9.78 Å². The van der Waals surface area contributed by atoms with Crippen LogP contribution in [0.15, 0.2) is 66.9 Å². The lowest BCUT2D eigenvalue weighted by atomic mass is 10.0. The fraction of sp³-hybridized carbons (Fsp3) is 0.192. The first-order valence-electron chi connectivity index (χ1n) is 11.7. The molecule has 2 aliphatic heterocycles. The molecule has 180 valence electrons. The van der Waals surface area contributed by atoms with Crippen molar-refractivity contribution in [3.05, 3.63) is 72.4 Å². The van der Waals surface area contributed by atoms with E-state index >= 15 is 0 Å². The molecule has 0 bridgehead atoms. The van der Waals surface area contributed by atoms with E-state index in [9.17, 15) is 9.59 Å². The minimum atomic E-state index is -1.03. The highest BCUT2D eigenvalue weighted by molar-refractivity contribution is 5.95. The SMILES string of the molecule is O=C(O)NC1CCN(C(=O)c2ccc(-c3nnc4n3-c3cccnc3Nc3ccccc3-4)cc2)CC1. The number of fused-ring (bicyclic) bond motifs is 5. The van der Waals surface area contributed by atoms with Crippen molar-refractivity contribution in [2.75, 3.05) is 18.4 Å². The number of amides is 2. The second kappa shape index (κ2) is 8.81. The second-order valence-electron chi connectivity index (χ2n) is 8.82. The third-order valence-corrected chi connectivity index (χ3v) is 6.61. The number of hydrogen-bond donors (Lipinski definition) is 3. The van der Waals surface area contributed by atoms with E-state index < -0.39 is 6.09 Å². The predicted octanol–water partition coefficient (Wildman–Crippen LogP) is 3.93. The van der Waals surface area contributed by atoms with Gasteiger partial charge in [-0.2, -0.15) is 0 Å². The molecule has 0 saturated carbocycles. The summed E-state index contributed by atoms with van der Waals surface area (Å²) in [6.07, 6.45) is 1.92. The molecule has 10 heteroatoms. The first-order valence-corrected chi connectivity index (χ1v) is 11.7. The number of pyridine rings is 1. The number of carboxylic acid groups (broad SMARTS) is 1. The molecule has 0 radical (unpaired) electrons. The van der Waals surface area contributed by atoms with E-state index in [0.29, 0.717) is 49.0 Å². The van der Waals surface area contributed by atoms with E-state index in [4.69, 9.17) is 5.11 Å². The Hall–Kier alpha value is -4.73. The molecule has 3 N–H and O–H groups in total. The van der Waals surface area contributed by atoms with Crippen LogP contribution in [-0.4, -0.2) is 60.9 Å². The molecule has 2 aromatic carbocycles. The summed E-state index contributed by atoms with van der Waals surface area (Å²) in [5, 5.41) is 23.8. The Kier molecular flexibility index (Phi) is 5.33. The summed E-state index contributed by atoms with van der Waals surface area (Å²) in [4.78, 5) is 30.2.